The molecule has 6 aromatic rings. The maximum absolute atomic E-state index is 14.7. The van der Waals surface area contributed by atoms with E-state index >= 15 is 0 Å². The van der Waals surface area contributed by atoms with Crippen molar-refractivity contribution >= 4 is 90.8 Å². The molecule has 2 aliphatic heterocycles. The number of carbonyl (C=O) groups excluding carboxylic acids is 8. The Morgan fingerprint density at radius 3 is 1.02 bits per heavy atom. The number of allylic oxidation sites excluding steroid dienone is 4. The van der Waals surface area contributed by atoms with E-state index in [1.807, 2.05) is 24.3 Å². The summed E-state index contributed by atoms with van der Waals surface area (Å²) in [5.41, 5.74) is -13.3. The Morgan fingerprint density at radius 1 is 0.370 bits per heavy atom. The van der Waals surface area contributed by atoms with Crippen LogP contribution >= 0.6 is 0 Å². The summed E-state index contributed by atoms with van der Waals surface area (Å²) >= 11 is -3.52. The number of aliphatic hydroxyl groups excluding tert-OH is 8. The number of aryl methyl sites for hydroxylation is 2. The molecule has 0 aromatic heterocycles. The van der Waals surface area contributed by atoms with Gasteiger partial charge in [-0.1, -0.05) is 12.1 Å². The van der Waals surface area contributed by atoms with Gasteiger partial charge in [0.05, 0.1) is 68.3 Å². The number of aliphatic hydroxyl groups is 8. The first-order valence-electron chi connectivity index (χ1n) is 31.2. The van der Waals surface area contributed by atoms with Crippen LogP contribution in [0.25, 0.3) is 23.0 Å². The van der Waals surface area contributed by atoms with Crippen molar-refractivity contribution in [1.29, 1.82) is 0 Å². The Labute approximate surface area is 567 Å². The van der Waals surface area contributed by atoms with Crippen molar-refractivity contribution in [3.8, 4) is 69.0 Å². The fourth-order valence-electron chi connectivity index (χ4n) is 19.8. The number of ether oxygens (including phenoxy) is 2. The van der Waals surface area contributed by atoms with E-state index in [1.54, 1.807) is 24.3 Å². The van der Waals surface area contributed by atoms with E-state index in [1.165, 1.54) is 19.9 Å². The molecule has 28 nitrogen and oxygen atoms in total. The Hall–Kier alpha value is -10.9. The molecule has 506 valence electrons. The molecule has 0 radical (unpaired) electrons. The van der Waals surface area contributed by atoms with E-state index < -0.39 is 286 Å². The maximum atomic E-state index is 14.7. The van der Waals surface area contributed by atoms with Crippen molar-refractivity contribution in [2.75, 3.05) is 6.79 Å². The predicted molar refractivity (Wildman–Crippen MR) is 331 cm³/mol. The minimum Gasteiger partial charge on any atom is -0.454 e. The van der Waals surface area contributed by atoms with Crippen molar-refractivity contribution in [2.24, 2.45) is 69.0 Å². The number of benzene rings is 6. The van der Waals surface area contributed by atoms with Crippen molar-refractivity contribution in [3.05, 3.63) is 163 Å². The summed E-state index contributed by atoms with van der Waals surface area (Å²) in [7, 11) is 0. The quantitative estimate of drug-likeness (QED) is 0.0870. The zero-order valence-electron chi connectivity index (χ0n) is 51.2. The van der Waals surface area contributed by atoms with Crippen LogP contribution in [-0.2, 0) is 19.2 Å². The normalized spacial score (nSPS) is 33.5. The van der Waals surface area contributed by atoms with Gasteiger partial charge in [-0.15, -0.1) is 0 Å². The fourth-order valence-corrected chi connectivity index (χ4v) is 22.8. The van der Waals surface area contributed by atoms with Gasteiger partial charge in [0.25, 0.3) is 0 Å². The second-order valence-electron chi connectivity index (χ2n) is 27.2. The second-order valence-corrected chi connectivity index (χ2v) is 30.1. The van der Waals surface area contributed by atoms with Gasteiger partial charge in [0.15, 0.2) is 34.6 Å². The number of hydrogen-bond acceptors (Lipinski definition) is 28. The van der Waals surface area contributed by atoms with E-state index in [0.717, 1.165) is 41.8 Å². The molecule has 0 saturated heterocycles. The Bertz CT molecular complexity index is 5080. The average molecular weight is 1470 g/mol. The van der Waals surface area contributed by atoms with Gasteiger partial charge in [0.2, 0.25) is 6.79 Å². The molecule has 4 spiro atoms. The Morgan fingerprint density at radius 2 is 0.660 bits per heavy atom. The average Bonchev–Trinajstić information content (AvgIpc) is 0.669. The van der Waals surface area contributed by atoms with Gasteiger partial charge < -0.3 is 60.5 Å². The first-order valence-corrected chi connectivity index (χ1v) is 34.3. The van der Waals surface area contributed by atoms with Gasteiger partial charge in [-0.2, -0.15) is 0 Å². The van der Waals surface area contributed by atoms with Gasteiger partial charge in [-0.05, 0) is 61.4 Å². The molecule has 100 heavy (non-hydrogen) atoms. The van der Waals surface area contributed by atoms with Gasteiger partial charge in [0.1, 0.15) is 40.3 Å². The molecule has 16 atom stereocenters. The third kappa shape index (κ3) is 6.34. The summed E-state index contributed by atoms with van der Waals surface area (Å²) in [6, 6.07) is 21.1. The van der Waals surface area contributed by atoms with Crippen LogP contribution in [0.3, 0.4) is 0 Å². The molecule has 0 amide bonds. The van der Waals surface area contributed by atoms with E-state index in [2.05, 4.69) is 0 Å². The first-order chi connectivity index (χ1) is 47.6. The summed E-state index contributed by atoms with van der Waals surface area (Å²) in [5, 5.41) is 166. The summed E-state index contributed by atoms with van der Waals surface area (Å²) in [6.45, 7) is 3.15. The number of fused-ring (bicyclic) bond motifs is 6. The number of ketones is 8. The number of phenolic OH excluding ortho intramolecular Hbond substituents is 7. The minimum atomic E-state index is -3.52. The smallest absolute Gasteiger partial charge is 0.231 e. The van der Waals surface area contributed by atoms with Crippen LogP contribution in [-0.4, -0.2) is 176 Å². The zero-order valence-corrected chi connectivity index (χ0v) is 53.7. The SMILES string of the molecule is Cc1cc(O)c2c(c1O)C(=O)C13C(=C2O)C(=O)C1C(O)C3C1C(O)C2C(=O)C3=C(O)c4c(O)cc(C)c(O)c4C(=O)C321.O=C1C2=C(O)c3c(O)ccc(O)c3C(=O)C23C1C(O)C3C1C(O)C2C(=O)C3=C(O)c4c([O][Sb]5[O]c6ccccc6[O]5)ccc(O)c4C(=O)C321.c1ccc2c(c1)OCO2. The molecule has 6 aromatic carbocycles. The predicted octanol–water partition coefficient (Wildman–Crippen LogP) is 4.15. The number of rotatable bonds is 4. The van der Waals surface area contributed by atoms with Crippen LogP contribution in [0, 0.1) is 82.9 Å². The van der Waals surface area contributed by atoms with E-state index in [-0.39, 0.29) is 22.4 Å². The number of hydrogen-bond donors (Lipinski definition) is 15. The van der Waals surface area contributed by atoms with Crippen molar-refractivity contribution < 1.29 is 133 Å². The number of phenols is 7. The molecule has 16 unspecified atom stereocenters. The fraction of sp³-hybridized carbons (Fsp3) is 0.268. The van der Waals surface area contributed by atoms with Gasteiger partial charge >= 0.3 is 255 Å². The van der Waals surface area contributed by atoms with E-state index in [9.17, 15) is 115 Å². The van der Waals surface area contributed by atoms with Crippen LogP contribution < -0.4 is 18.5 Å². The van der Waals surface area contributed by atoms with Crippen molar-refractivity contribution in [3.63, 3.8) is 0 Å². The van der Waals surface area contributed by atoms with Crippen LogP contribution in [0.4, 0.5) is 0 Å². The second kappa shape index (κ2) is 19.3. The summed E-state index contributed by atoms with van der Waals surface area (Å²) in [6.07, 6.45) is -6.57. The molecule has 8 fully saturated rings. The molecule has 29 heteroatoms. The van der Waals surface area contributed by atoms with Gasteiger partial charge in [-0.3, -0.25) is 19.2 Å². The molecule has 12 aliphatic carbocycles. The maximum Gasteiger partial charge on any atom is 0.231 e. The van der Waals surface area contributed by atoms with Crippen LogP contribution in [0.1, 0.15) is 74.8 Å². The summed E-state index contributed by atoms with van der Waals surface area (Å²) in [5.74, 6) is -23.1. The minimum absolute atomic E-state index is 0.0812. The van der Waals surface area contributed by atoms with E-state index in [4.69, 9.17) is 18.5 Å². The molecule has 0 bridgehead atoms. The van der Waals surface area contributed by atoms with Crippen molar-refractivity contribution in [2.45, 2.75) is 38.3 Å². The Balaban J connectivity index is 0.000000129. The van der Waals surface area contributed by atoms with Gasteiger partial charge in [-0.25, -0.2) is 0 Å². The summed E-state index contributed by atoms with van der Waals surface area (Å²) in [4.78, 5) is 111. The largest absolute Gasteiger partial charge is 0.454 e. The topological polar surface area (TPSA) is 486 Å². The van der Waals surface area contributed by atoms with E-state index in [0.29, 0.717) is 18.3 Å². The molecule has 20 rings (SSSR count). The number of Topliss-reactive ketones (excluding diaryl/α,β-unsaturated/α-hetero) is 8. The third-order valence-electron chi connectivity index (χ3n) is 23.6. The van der Waals surface area contributed by atoms with Crippen LogP contribution in [0.2, 0.25) is 0 Å². The summed E-state index contributed by atoms with van der Waals surface area (Å²) < 4.78 is 27.8. The first kappa shape index (κ1) is 61.4. The number of para-hydroxylation sites is 4. The molecular weight excluding hydrogens is 1420 g/mol. The zero-order chi connectivity index (χ0) is 70.6. The number of aromatic hydroxyl groups is 7. The molecule has 14 aliphatic rings. The Kier molecular flexibility index (Phi) is 11.9. The third-order valence-corrected chi connectivity index (χ3v) is 26.6. The standard InChI is InChI=1S/C30H22O12.C28H18O12.C7H6O2.C6H6O2.Sb/c1-5-3-7(31)9-11(19(5)33)27(41)29-13(23(37)17(29)25(39)15(29)21(9)35)14-24(38)18-26(40)16-22(36)10-8(32)4-6(2)20(34)12(10)28(42)30(14,16)18;29-5-1-3-7(31)11-9(5)19(33)15-23(37)17-21(35)13(27(15,17)25(11)39)14-22(36)18-24(38)16-20(34)10-6(30)2-4-8(32)12(10)26(40)28(14,16)18;1-2-4-7-6(3-1)8-5-9-7;7-5-3-1-2-4-6(5)8;/h3-4,13-14,17-18,23-24,31-38H,1-2H3;1-4,13-14,17-18,21-22,29-36H;1-4H,5H2;1-4,7-8H;/q;;;;+3/p-3. The van der Waals surface area contributed by atoms with Crippen molar-refractivity contribution in [1.82, 2.24) is 0 Å². The van der Waals surface area contributed by atoms with Gasteiger partial charge in [0, 0.05) is 11.8 Å². The van der Waals surface area contributed by atoms with Crippen LogP contribution in [0.15, 0.2) is 107 Å². The molecule has 2 heterocycles. The molecule has 15 N–H and O–H groups in total. The number of carbonyl (C=O) groups is 8. The van der Waals surface area contributed by atoms with Crippen LogP contribution in [0.5, 0.6) is 69.0 Å². The monoisotopic (exact) mass is 1470 g/mol. The molecular formula is C71H49O28Sb. The molecule has 8 saturated carbocycles.